The molecule has 0 bridgehead atoms. The lowest BCUT2D eigenvalue weighted by Crippen LogP contribution is -2.23. The zero-order valence-corrected chi connectivity index (χ0v) is 10.6. The Balaban J connectivity index is 1.98. The van der Waals surface area contributed by atoms with Gasteiger partial charge in [0, 0.05) is 5.38 Å². The van der Waals surface area contributed by atoms with E-state index in [-0.39, 0.29) is 5.91 Å². The Morgan fingerprint density at radius 2 is 2.38 bits per heavy atom. The largest absolute Gasteiger partial charge is 0.345 e. The van der Waals surface area contributed by atoms with Gasteiger partial charge in [0.1, 0.15) is 10.3 Å². The van der Waals surface area contributed by atoms with Gasteiger partial charge in [-0.2, -0.15) is 0 Å². The van der Waals surface area contributed by atoms with E-state index in [1.807, 2.05) is 5.38 Å². The number of rotatable bonds is 3. The standard InChI is InChI=1S/C10H8BrN3OS/c11-9-3-1-2-8(14-9)10(15)12-4-7-5-16-6-13-7/h1-3,5-6H,4H2,(H,12,15). The summed E-state index contributed by atoms with van der Waals surface area (Å²) >= 11 is 4.72. The molecule has 0 saturated heterocycles. The molecular weight excluding hydrogens is 290 g/mol. The Hall–Kier alpha value is -1.27. The minimum Gasteiger partial charge on any atom is -0.345 e. The normalized spacial score (nSPS) is 10.1. The number of hydrogen-bond donors (Lipinski definition) is 1. The van der Waals surface area contributed by atoms with E-state index in [0.717, 1.165) is 5.69 Å². The SMILES string of the molecule is O=C(NCc1cscn1)c1cccc(Br)n1. The second-order valence-electron chi connectivity index (χ2n) is 3.01. The minimum atomic E-state index is -0.200. The zero-order valence-electron chi connectivity index (χ0n) is 8.18. The second kappa shape index (κ2) is 5.18. The molecule has 0 aliphatic heterocycles. The van der Waals surface area contributed by atoms with Crippen molar-refractivity contribution in [2.45, 2.75) is 6.54 Å². The van der Waals surface area contributed by atoms with Crippen LogP contribution in [0.5, 0.6) is 0 Å². The molecule has 0 atom stereocenters. The molecule has 0 spiro atoms. The highest BCUT2D eigenvalue weighted by Crippen LogP contribution is 2.06. The number of halogens is 1. The van der Waals surface area contributed by atoms with Crippen LogP contribution >= 0.6 is 27.3 Å². The van der Waals surface area contributed by atoms with Gasteiger partial charge in [-0.25, -0.2) is 9.97 Å². The maximum absolute atomic E-state index is 11.7. The van der Waals surface area contributed by atoms with Gasteiger partial charge in [0.25, 0.3) is 5.91 Å². The number of nitrogens with zero attached hydrogens (tertiary/aromatic N) is 2. The van der Waals surface area contributed by atoms with Gasteiger partial charge in [-0.15, -0.1) is 11.3 Å². The van der Waals surface area contributed by atoms with Crippen LogP contribution in [0.3, 0.4) is 0 Å². The summed E-state index contributed by atoms with van der Waals surface area (Å²) < 4.78 is 0.647. The topological polar surface area (TPSA) is 54.9 Å². The number of nitrogens with one attached hydrogen (secondary N) is 1. The molecule has 0 fully saturated rings. The van der Waals surface area contributed by atoms with Crippen molar-refractivity contribution in [2.24, 2.45) is 0 Å². The predicted octanol–water partition coefficient (Wildman–Crippen LogP) is 2.23. The Bertz CT molecular complexity index is 487. The minimum absolute atomic E-state index is 0.200. The molecule has 1 amide bonds. The van der Waals surface area contributed by atoms with Crippen molar-refractivity contribution >= 4 is 33.2 Å². The van der Waals surface area contributed by atoms with Crippen molar-refractivity contribution in [1.82, 2.24) is 15.3 Å². The molecule has 0 aliphatic carbocycles. The van der Waals surface area contributed by atoms with Crippen molar-refractivity contribution < 1.29 is 4.79 Å². The molecule has 0 aliphatic rings. The lowest BCUT2D eigenvalue weighted by atomic mass is 10.3. The van der Waals surface area contributed by atoms with E-state index >= 15 is 0 Å². The molecule has 2 aromatic rings. The third-order valence-corrected chi connectivity index (χ3v) is 2.94. The van der Waals surface area contributed by atoms with Gasteiger partial charge in [0.2, 0.25) is 0 Å². The fourth-order valence-corrected chi connectivity index (χ4v) is 2.02. The highest BCUT2D eigenvalue weighted by Gasteiger charge is 2.07. The smallest absolute Gasteiger partial charge is 0.270 e. The van der Waals surface area contributed by atoms with E-state index in [9.17, 15) is 4.79 Å². The summed E-state index contributed by atoms with van der Waals surface area (Å²) in [6.45, 7) is 0.427. The molecule has 0 saturated carbocycles. The van der Waals surface area contributed by atoms with Crippen molar-refractivity contribution in [3.05, 3.63) is 45.1 Å². The van der Waals surface area contributed by atoms with Gasteiger partial charge in [-0.05, 0) is 28.1 Å². The first-order chi connectivity index (χ1) is 7.75. The van der Waals surface area contributed by atoms with Crippen LogP contribution in [0.25, 0.3) is 0 Å². The molecule has 2 aromatic heterocycles. The Morgan fingerprint density at radius 1 is 1.50 bits per heavy atom. The van der Waals surface area contributed by atoms with Crippen LogP contribution in [-0.2, 0) is 6.54 Å². The maximum atomic E-state index is 11.7. The third kappa shape index (κ3) is 2.86. The molecule has 4 nitrogen and oxygen atoms in total. The monoisotopic (exact) mass is 297 g/mol. The Labute approximate surface area is 105 Å². The van der Waals surface area contributed by atoms with Gasteiger partial charge in [-0.3, -0.25) is 4.79 Å². The van der Waals surface area contributed by atoms with Crippen LogP contribution in [-0.4, -0.2) is 15.9 Å². The average Bonchev–Trinajstić information content (AvgIpc) is 2.78. The van der Waals surface area contributed by atoms with E-state index < -0.39 is 0 Å². The summed E-state index contributed by atoms with van der Waals surface area (Å²) in [5.74, 6) is -0.200. The van der Waals surface area contributed by atoms with Crippen LogP contribution in [0, 0.1) is 0 Å². The van der Waals surface area contributed by atoms with Gasteiger partial charge < -0.3 is 5.32 Å². The summed E-state index contributed by atoms with van der Waals surface area (Å²) in [7, 11) is 0. The molecular formula is C10H8BrN3OS. The molecule has 1 N–H and O–H groups in total. The maximum Gasteiger partial charge on any atom is 0.270 e. The first-order valence-corrected chi connectivity index (χ1v) is 6.27. The van der Waals surface area contributed by atoms with Crippen LogP contribution in [0.15, 0.2) is 33.7 Å². The Morgan fingerprint density at radius 3 is 3.06 bits per heavy atom. The van der Waals surface area contributed by atoms with Crippen molar-refractivity contribution in [1.29, 1.82) is 0 Å². The van der Waals surface area contributed by atoms with Crippen LogP contribution in [0.2, 0.25) is 0 Å². The molecule has 16 heavy (non-hydrogen) atoms. The molecule has 0 radical (unpaired) electrons. The molecule has 0 unspecified atom stereocenters. The fraction of sp³-hybridized carbons (Fsp3) is 0.100. The summed E-state index contributed by atoms with van der Waals surface area (Å²) in [4.78, 5) is 19.8. The number of amides is 1. The average molecular weight is 298 g/mol. The molecule has 2 rings (SSSR count). The number of thiazole rings is 1. The predicted molar refractivity (Wildman–Crippen MR) is 65.2 cm³/mol. The number of hydrogen-bond acceptors (Lipinski definition) is 4. The van der Waals surface area contributed by atoms with Crippen LogP contribution in [0.1, 0.15) is 16.2 Å². The summed E-state index contributed by atoms with van der Waals surface area (Å²) in [6, 6.07) is 5.22. The number of carbonyl (C=O) groups is 1. The van der Waals surface area contributed by atoms with E-state index in [1.165, 1.54) is 11.3 Å². The molecule has 6 heteroatoms. The highest BCUT2D eigenvalue weighted by molar-refractivity contribution is 9.10. The third-order valence-electron chi connectivity index (χ3n) is 1.86. The number of pyridine rings is 1. The van der Waals surface area contributed by atoms with Crippen LogP contribution in [0.4, 0.5) is 0 Å². The lowest BCUT2D eigenvalue weighted by molar-refractivity contribution is 0.0945. The molecule has 2 heterocycles. The van der Waals surface area contributed by atoms with Crippen molar-refractivity contribution in [2.75, 3.05) is 0 Å². The van der Waals surface area contributed by atoms with Gasteiger partial charge in [0.15, 0.2) is 0 Å². The highest BCUT2D eigenvalue weighted by atomic mass is 79.9. The fourth-order valence-electron chi connectivity index (χ4n) is 1.12. The first-order valence-electron chi connectivity index (χ1n) is 4.53. The van der Waals surface area contributed by atoms with Crippen LogP contribution < -0.4 is 5.32 Å². The number of aromatic nitrogens is 2. The van der Waals surface area contributed by atoms with Gasteiger partial charge in [0.05, 0.1) is 17.7 Å². The van der Waals surface area contributed by atoms with Gasteiger partial charge >= 0.3 is 0 Å². The zero-order chi connectivity index (χ0) is 11.4. The Kier molecular flexibility index (Phi) is 3.63. The molecule has 0 aromatic carbocycles. The lowest BCUT2D eigenvalue weighted by Gasteiger charge is -2.02. The second-order valence-corrected chi connectivity index (χ2v) is 4.54. The van der Waals surface area contributed by atoms with E-state index in [0.29, 0.717) is 16.8 Å². The van der Waals surface area contributed by atoms with E-state index in [1.54, 1.807) is 23.7 Å². The number of carbonyl (C=O) groups excluding carboxylic acids is 1. The molecule has 82 valence electrons. The first kappa shape index (κ1) is 11.2. The van der Waals surface area contributed by atoms with Crippen molar-refractivity contribution in [3.63, 3.8) is 0 Å². The quantitative estimate of drug-likeness (QED) is 0.884. The van der Waals surface area contributed by atoms with E-state index in [4.69, 9.17) is 0 Å². The summed E-state index contributed by atoms with van der Waals surface area (Å²) in [6.07, 6.45) is 0. The van der Waals surface area contributed by atoms with E-state index in [2.05, 4.69) is 31.2 Å². The van der Waals surface area contributed by atoms with Gasteiger partial charge in [-0.1, -0.05) is 6.07 Å². The summed E-state index contributed by atoms with van der Waals surface area (Å²) in [5.41, 5.74) is 2.98. The summed E-state index contributed by atoms with van der Waals surface area (Å²) in [5, 5.41) is 4.65. The van der Waals surface area contributed by atoms with Crippen molar-refractivity contribution in [3.8, 4) is 0 Å².